The molecule has 0 amide bonds. The van der Waals surface area contributed by atoms with Crippen LogP contribution in [0.1, 0.15) is 12.5 Å². The Morgan fingerprint density at radius 3 is 2.93 bits per heavy atom. The first-order valence-corrected chi connectivity index (χ1v) is 6.18. The quantitative estimate of drug-likeness (QED) is 0.864. The lowest BCUT2D eigenvalue weighted by Gasteiger charge is -2.05. The molecule has 2 nitrogen and oxygen atoms in total. The van der Waals surface area contributed by atoms with Crippen LogP contribution in [-0.4, -0.2) is 16.8 Å². The van der Waals surface area contributed by atoms with Crippen molar-refractivity contribution in [3.05, 3.63) is 34.9 Å². The maximum Gasteiger partial charge on any atom is 0.307 e. The second kappa shape index (κ2) is 6.03. The molecule has 82 valence electrons. The summed E-state index contributed by atoms with van der Waals surface area (Å²) in [4.78, 5) is 10.6. The molecule has 0 saturated heterocycles. The average molecular weight is 245 g/mol. The van der Waals surface area contributed by atoms with Crippen LogP contribution in [0, 0.1) is 5.92 Å². The number of benzene rings is 1. The molecule has 0 bridgehead atoms. The lowest BCUT2D eigenvalue weighted by Crippen LogP contribution is -2.11. The summed E-state index contributed by atoms with van der Waals surface area (Å²) in [6, 6.07) is 7.62. The van der Waals surface area contributed by atoms with E-state index in [1.165, 1.54) is 0 Å². The lowest BCUT2D eigenvalue weighted by atomic mass is 10.2. The molecule has 0 radical (unpaired) electrons. The first-order chi connectivity index (χ1) is 7.09. The van der Waals surface area contributed by atoms with Gasteiger partial charge >= 0.3 is 5.97 Å². The SMILES string of the molecule is CC(CSCc1cccc(Cl)c1)C(=O)O. The van der Waals surface area contributed by atoms with Crippen molar-refractivity contribution in [3.8, 4) is 0 Å². The molecule has 1 aromatic carbocycles. The van der Waals surface area contributed by atoms with Crippen molar-refractivity contribution in [3.63, 3.8) is 0 Å². The Kier molecular flexibility index (Phi) is 4.99. The van der Waals surface area contributed by atoms with Gasteiger partial charge in [0.25, 0.3) is 0 Å². The summed E-state index contributed by atoms with van der Waals surface area (Å²) < 4.78 is 0. The van der Waals surface area contributed by atoms with Crippen molar-refractivity contribution in [2.75, 3.05) is 5.75 Å². The molecule has 0 aliphatic carbocycles. The number of carbonyl (C=O) groups is 1. The Balaban J connectivity index is 2.35. The van der Waals surface area contributed by atoms with Gasteiger partial charge in [0.2, 0.25) is 0 Å². The highest BCUT2D eigenvalue weighted by atomic mass is 35.5. The van der Waals surface area contributed by atoms with E-state index in [2.05, 4.69) is 0 Å². The minimum Gasteiger partial charge on any atom is -0.481 e. The summed E-state index contributed by atoms with van der Waals surface area (Å²) in [5.41, 5.74) is 1.13. The smallest absolute Gasteiger partial charge is 0.307 e. The van der Waals surface area contributed by atoms with E-state index in [-0.39, 0.29) is 5.92 Å². The molecule has 0 aliphatic rings. The molecule has 1 atom stereocenters. The fourth-order valence-corrected chi connectivity index (χ4v) is 2.29. The van der Waals surface area contributed by atoms with Gasteiger partial charge in [0.15, 0.2) is 0 Å². The second-order valence-corrected chi connectivity index (χ2v) is 4.85. The minimum atomic E-state index is -0.742. The number of aliphatic carboxylic acids is 1. The maximum atomic E-state index is 10.6. The summed E-state index contributed by atoms with van der Waals surface area (Å²) in [6.45, 7) is 1.72. The van der Waals surface area contributed by atoms with Crippen LogP contribution < -0.4 is 0 Å². The third-order valence-corrected chi connectivity index (χ3v) is 3.46. The van der Waals surface area contributed by atoms with Gasteiger partial charge in [-0.2, -0.15) is 11.8 Å². The molecule has 0 aromatic heterocycles. The third kappa shape index (κ3) is 4.58. The molecule has 0 fully saturated rings. The van der Waals surface area contributed by atoms with Crippen molar-refractivity contribution in [2.45, 2.75) is 12.7 Å². The summed E-state index contributed by atoms with van der Waals surface area (Å²) >= 11 is 7.45. The fraction of sp³-hybridized carbons (Fsp3) is 0.364. The van der Waals surface area contributed by atoms with E-state index in [0.717, 1.165) is 16.3 Å². The van der Waals surface area contributed by atoms with Gasteiger partial charge in [-0.05, 0) is 17.7 Å². The number of thioether (sulfide) groups is 1. The molecular weight excluding hydrogens is 232 g/mol. The molecule has 0 aliphatic heterocycles. The van der Waals surface area contributed by atoms with E-state index in [0.29, 0.717) is 5.75 Å². The minimum absolute atomic E-state index is 0.297. The fourth-order valence-electron chi connectivity index (χ4n) is 1.05. The number of carboxylic acids is 1. The van der Waals surface area contributed by atoms with E-state index >= 15 is 0 Å². The molecule has 4 heteroatoms. The lowest BCUT2D eigenvalue weighted by molar-refractivity contribution is -0.140. The highest BCUT2D eigenvalue weighted by Gasteiger charge is 2.10. The predicted molar refractivity (Wildman–Crippen MR) is 64.4 cm³/mol. The highest BCUT2D eigenvalue weighted by Crippen LogP contribution is 2.18. The van der Waals surface area contributed by atoms with Crippen LogP contribution in [-0.2, 0) is 10.5 Å². The largest absolute Gasteiger partial charge is 0.481 e. The molecule has 1 aromatic rings. The van der Waals surface area contributed by atoms with Crippen molar-refractivity contribution in [1.29, 1.82) is 0 Å². The molecule has 0 saturated carbocycles. The Bertz CT molecular complexity index is 341. The Morgan fingerprint density at radius 2 is 2.33 bits per heavy atom. The number of carboxylic acid groups (broad SMARTS) is 1. The molecule has 0 heterocycles. The number of hydrogen-bond donors (Lipinski definition) is 1. The molecule has 1 N–H and O–H groups in total. The molecule has 0 spiro atoms. The summed E-state index contributed by atoms with van der Waals surface area (Å²) in [6.07, 6.45) is 0. The van der Waals surface area contributed by atoms with Gasteiger partial charge < -0.3 is 5.11 Å². The van der Waals surface area contributed by atoms with Crippen LogP contribution in [0.3, 0.4) is 0 Å². The number of halogens is 1. The number of rotatable bonds is 5. The first-order valence-electron chi connectivity index (χ1n) is 4.64. The molecule has 15 heavy (non-hydrogen) atoms. The van der Waals surface area contributed by atoms with Gasteiger partial charge in [0, 0.05) is 16.5 Å². The van der Waals surface area contributed by atoms with Crippen molar-refractivity contribution >= 4 is 29.3 Å². The average Bonchev–Trinajstić information content (AvgIpc) is 2.17. The van der Waals surface area contributed by atoms with Gasteiger partial charge in [-0.3, -0.25) is 4.79 Å². The highest BCUT2D eigenvalue weighted by molar-refractivity contribution is 7.98. The van der Waals surface area contributed by atoms with Gasteiger partial charge in [-0.1, -0.05) is 30.7 Å². The second-order valence-electron chi connectivity index (χ2n) is 3.38. The molecule has 1 unspecified atom stereocenters. The zero-order chi connectivity index (χ0) is 11.3. The van der Waals surface area contributed by atoms with Gasteiger partial charge in [-0.25, -0.2) is 0 Å². The molecular formula is C11H13ClO2S. The van der Waals surface area contributed by atoms with Crippen molar-refractivity contribution < 1.29 is 9.90 Å². The topological polar surface area (TPSA) is 37.3 Å². The van der Waals surface area contributed by atoms with Crippen LogP contribution >= 0.6 is 23.4 Å². The summed E-state index contributed by atoms with van der Waals surface area (Å²) in [5.74, 6) is 0.391. The van der Waals surface area contributed by atoms with Gasteiger partial charge in [-0.15, -0.1) is 0 Å². The van der Waals surface area contributed by atoms with Gasteiger partial charge in [0.1, 0.15) is 0 Å². The normalized spacial score (nSPS) is 12.4. The Morgan fingerprint density at radius 1 is 1.60 bits per heavy atom. The van der Waals surface area contributed by atoms with Crippen molar-refractivity contribution in [2.24, 2.45) is 5.92 Å². The standard InChI is InChI=1S/C11H13ClO2S/c1-8(11(13)14)6-15-7-9-3-2-4-10(12)5-9/h2-5,8H,6-7H2,1H3,(H,13,14). The monoisotopic (exact) mass is 244 g/mol. The van der Waals surface area contributed by atoms with Gasteiger partial charge in [0.05, 0.1) is 5.92 Å². The molecule has 1 rings (SSSR count). The van der Waals surface area contributed by atoms with E-state index < -0.39 is 5.97 Å². The van der Waals surface area contributed by atoms with E-state index in [1.807, 2.05) is 24.3 Å². The van der Waals surface area contributed by atoms with Crippen LogP contribution in [0.4, 0.5) is 0 Å². The van der Waals surface area contributed by atoms with Crippen molar-refractivity contribution in [1.82, 2.24) is 0 Å². The number of hydrogen-bond acceptors (Lipinski definition) is 2. The first kappa shape index (κ1) is 12.4. The van der Waals surface area contributed by atoms with Crippen LogP contribution in [0.25, 0.3) is 0 Å². The van der Waals surface area contributed by atoms with E-state index in [9.17, 15) is 4.79 Å². The zero-order valence-electron chi connectivity index (χ0n) is 8.44. The maximum absolute atomic E-state index is 10.6. The van der Waals surface area contributed by atoms with Crippen LogP contribution in [0.5, 0.6) is 0 Å². The van der Waals surface area contributed by atoms with Crippen LogP contribution in [0.2, 0.25) is 5.02 Å². The zero-order valence-corrected chi connectivity index (χ0v) is 10.0. The third-order valence-electron chi connectivity index (χ3n) is 1.95. The Labute approximate surface area is 98.6 Å². The van der Waals surface area contributed by atoms with E-state index in [4.69, 9.17) is 16.7 Å². The summed E-state index contributed by atoms with van der Waals surface area (Å²) in [5, 5.41) is 9.41. The predicted octanol–water partition coefficient (Wildman–Crippen LogP) is 3.29. The van der Waals surface area contributed by atoms with Crippen LogP contribution in [0.15, 0.2) is 24.3 Å². The Hall–Kier alpha value is -0.670. The van der Waals surface area contributed by atoms with E-state index in [1.54, 1.807) is 18.7 Å². The summed E-state index contributed by atoms with van der Waals surface area (Å²) in [7, 11) is 0.